The van der Waals surface area contributed by atoms with E-state index in [4.69, 9.17) is 10.2 Å². The minimum absolute atomic E-state index is 0. The number of rotatable bonds is 12. The number of hydrogen-bond acceptors (Lipinski definition) is 5. The molecule has 1 heterocycles. The van der Waals surface area contributed by atoms with Gasteiger partial charge >= 0.3 is 35.5 Å². The van der Waals surface area contributed by atoms with Gasteiger partial charge in [0.05, 0.1) is 30.4 Å². The zero-order valence-electron chi connectivity index (χ0n) is 22.2. The van der Waals surface area contributed by atoms with Crippen molar-refractivity contribution in [2.24, 2.45) is 0 Å². The first-order valence-corrected chi connectivity index (χ1v) is 12.8. The fourth-order valence-corrected chi connectivity index (χ4v) is 4.58. The van der Waals surface area contributed by atoms with Crippen molar-refractivity contribution in [3.05, 3.63) is 82.9 Å². The number of carboxylic acid groups (broad SMARTS) is 1. The molecule has 206 valence electrons. The van der Waals surface area contributed by atoms with Crippen molar-refractivity contribution >= 4 is 41.4 Å². The van der Waals surface area contributed by atoms with E-state index >= 15 is 0 Å². The third kappa shape index (κ3) is 8.46. The van der Waals surface area contributed by atoms with Gasteiger partial charge < -0.3 is 20.2 Å². The monoisotopic (exact) mass is 549 g/mol. The van der Waals surface area contributed by atoms with Crippen LogP contribution in [-0.4, -0.2) is 90.7 Å². The van der Waals surface area contributed by atoms with Crippen molar-refractivity contribution in [1.82, 2.24) is 14.7 Å². The number of carbonyl (C=O) groups excluding carboxylic acids is 1. The molecule has 3 N–H and O–H groups in total. The molecule has 39 heavy (non-hydrogen) atoms. The van der Waals surface area contributed by atoms with Gasteiger partial charge in [0.2, 0.25) is 0 Å². The van der Waals surface area contributed by atoms with Crippen molar-refractivity contribution in [2.45, 2.75) is 70.6 Å². The van der Waals surface area contributed by atoms with Gasteiger partial charge in [-0.1, -0.05) is 44.2 Å². The van der Waals surface area contributed by atoms with E-state index < -0.39 is 30.4 Å². The Hall–Kier alpha value is -2.56. The molecule has 0 saturated carbocycles. The van der Waals surface area contributed by atoms with Crippen LogP contribution in [0.15, 0.2) is 54.6 Å². The molecule has 0 aliphatic carbocycles. The van der Waals surface area contributed by atoms with Crippen molar-refractivity contribution in [1.29, 1.82) is 0 Å². The van der Waals surface area contributed by atoms with Gasteiger partial charge in [-0.3, -0.25) is 9.59 Å². The molecule has 0 radical (unpaired) electrons. The van der Waals surface area contributed by atoms with Crippen LogP contribution in [0.4, 0.5) is 4.39 Å². The average Bonchev–Trinajstić information content (AvgIpc) is 3.26. The SMILES string of the molecule is CC(C)c1c(C(=O)N(C)C(C)c2ccccc2)nn(-c2ccc(F)cc2)c1CC[C@@H](O)C[C@@H](O)CC(=O)O.[NaH]. The number of aliphatic hydroxyl groups is 2. The molecule has 0 aliphatic heterocycles. The van der Waals surface area contributed by atoms with E-state index in [0.717, 1.165) is 11.1 Å². The van der Waals surface area contributed by atoms with Crippen LogP contribution in [0, 0.1) is 5.82 Å². The Morgan fingerprint density at radius 1 is 1.00 bits per heavy atom. The van der Waals surface area contributed by atoms with E-state index in [9.17, 15) is 24.2 Å². The summed E-state index contributed by atoms with van der Waals surface area (Å²) in [4.78, 5) is 26.3. The number of hydrogen-bond donors (Lipinski definition) is 3. The second-order valence-corrected chi connectivity index (χ2v) is 9.93. The molecule has 1 unspecified atom stereocenters. The number of carbonyl (C=O) groups is 2. The van der Waals surface area contributed by atoms with Crippen molar-refractivity contribution in [3.8, 4) is 5.69 Å². The molecule has 10 heteroatoms. The molecule has 0 fully saturated rings. The number of aliphatic carboxylic acids is 1. The Labute approximate surface area is 250 Å². The van der Waals surface area contributed by atoms with E-state index in [0.29, 0.717) is 17.8 Å². The van der Waals surface area contributed by atoms with Gasteiger partial charge in [-0.15, -0.1) is 0 Å². The average molecular weight is 550 g/mol. The molecule has 3 rings (SSSR count). The zero-order chi connectivity index (χ0) is 28.0. The summed E-state index contributed by atoms with van der Waals surface area (Å²) in [6.45, 7) is 5.86. The first kappa shape index (κ1) is 32.7. The third-order valence-corrected chi connectivity index (χ3v) is 6.72. The fraction of sp³-hybridized carbons (Fsp3) is 0.414. The van der Waals surface area contributed by atoms with E-state index in [-0.39, 0.29) is 66.0 Å². The van der Waals surface area contributed by atoms with Gasteiger partial charge in [0.15, 0.2) is 5.69 Å². The second kappa shape index (κ2) is 14.7. The fourth-order valence-electron chi connectivity index (χ4n) is 4.58. The number of amides is 1. The minimum atomic E-state index is -1.17. The number of halogens is 1. The van der Waals surface area contributed by atoms with Crippen LogP contribution in [0.2, 0.25) is 0 Å². The summed E-state index contributed by atoms with van der Waals surface area (Å²) in [5, 5.41) is 34.0. The van der Waals surface area contributed by atoms with Crippen molar-refractivity contribution < 1.29 is 29.3 Å². The zero-order valence-corrected chi connectivity index (χ0v) is 22.2. The summed E-state index contributed by atoms with van der Waals surface area (Å²) in [5.41, 5.74) is 3.26. The second-order valence-electron chi connectivity index (χ2n) is 9.93. The first-order chi connectivity index (χ1) is 18.0. The summed E-state index contributed by atoms with van der Waals surface area (Å²) in [6, 6.07) is 15.3. The summed E-state index contributed by atoms with van der Waals surface area (Å²) < 4.78 is 15.3. The summed E-state index contributed by atoms with van der Waals surface area (Å²) in [7, 11) is 1.73. The van der Waals surface area contributed by atoms with Gasteiger partial charge in [0.25, 0.3) is 5.91 Å². The molecule has 1 aromatic heterocycles. The van der Waals surface area contributed by atoms with Gasteiger partial charge in [0.1, 0.15) is 5.82 Å². The number of benzene rings is 2. The van der Waals surface area contributed by atoms with Gasteiger partial charge in [-0.25, -0.2) is 9.07 Å². The van der Waals surface area contributed by atoms with Gasteiger partial charge in [-0.05, 0) is 61.9 Å². The molecule has 0 bridgehead atoms. The quantitative estimate of drug-likeness (QED) is 0.296. The molecular weight excluding hydrogens is 512 g/mol. The van der Waals surface area contributed by atoms with Crippen LogP contribution in [0.5, 0.6) is 0 Å². The molecule has 0 spiro atoms. The Morgan fingerprint density at radius 3 is 2.18 bits per heavy atom. The van der Waals surface area contributed by atoms with Crippen LogP contribution in [0.25, 0.3) is 5.69 Å². The predicted octanol–water partition coefficient (Wildman–Crippen LogP) is 3.84. The molecule has 8 nitrogen and oxygen atoms in total. The van der Waals surface area contributed by atoms with Crippen LogP contribution < -0.4 is 0 Å². The topological polar surface area (TPSA) is 116 Å². The van der Waals surface area contributed by atoms with Crippen LogP contribution in [0.3, 0.4) is 0 Å². The summed E-state index contributed by atoms with van der Waals surface area (Å²) in [6.07, 6.45) is -2.14. The summed E-state index contributed by atoms with van der Waals surface area (Å²) >= 11 is 0. The standard InChI is InChI=1S/C29H36FN3O5.Na.H/c1-18(2)27-25(15-14-23(34)16-24(35)17-26(36)37)33(22-12-10-21(30)11-13-22)31-28(27)29(38)32(4)19(3)20-8-6-5-7-9-20;;/h5-13,18-19,23-24,34-35H,14-17H2,1-4H3,(H,36,37);;/t19?,23-,24-;;/m1../s1. The molecule has 3 atom stereocenters. The van der Waals surface area contributed by atoms with E-state index in [1.807, 2.05) is 51.1 Å². The van der Waals surface area contributed by atoms with E-state index in [1.54, 1.807) is 28.8 Å². The molecular formula is C29H37FN3NaO5. The maximum atomic E-state index is 13.8. The number of carboxylic acids is 1. The molecule has 2 aromatic carbocycles. The Balaban J connectivity index is 0.00000533. The van der Waals surface area contributed by atoms with Gasteiger partial charge in [0, 0.05) is 18.3 Å². The van der Waals surface area contributed by atoms with Crippen molar-refractivity contribution in [2.75, 3.05) is 7.05 Å². The predicted molar refractivity (Wildman–Crippen MR) is 149 cm³/mol. The number of aliphatic hydroxyl groups excluding tert-OH is 2. The maximum absolute atomic E-state index is 13.8. The van der Waals surface area contributed by atoms with Crippen LogP contribution in [-0.2, 0) is 11.2 Å². The van der Waals surface area contributed by atoms with Crippen LogP contribution in [0.1, 0.15) is 79.3 Å². The Bertz CT molecular complexity index is 1230. The Morgan fingerprint density at radius 2 is 1.62 bits per heavy atom. The third-order valence-electron chi connectivity index (χ3n) is 6.72. The molecule has 0 aliphatic rings. The van der Waals surface area contributed by atoms with E-state index in [1.165, 1.54) is 12.1 Å². The van der Waals surface area contributed by atoms with Crippen molar-refractivity contribution in [3.63, 3.8) is 0 Å². The van der Waals surface area contributed by atoms with Gasteiger partial charge in [-0.2, -0.15) is 5.10 Å². The Kier molecular flexibility index (Phi) is 12.3. The number of aromatic nitrogens is 2. The van der Waals surface area contributed by atoms with E-state index in [2.05, 4.69) is 0 Å². The first-order valence-electron chi connectivity index (χ1n) is 12.8. The van der Waals surface area contributed by atoms with Crippen LogP contribution >= 0.6 is 0 Å². The normalized spacial score (nSPS) is 13.4. The summed E-state index contributed by atoms with van der Waals surface area (Å²) in [5.74, 6) is -1.89. The molecule has 0 saturated heterocycles. The number of nitrogens with zero attached hydrogens (tertiary/aromatic N) is 3. The molecule has 3 aromatic rings. The molecule has 1 amide bonds.